The van der Waals surface area contributed by atoms with Crippen molar-refractivity contribution in [3.05, 3.63) is 28.4 Å². The van der Waals surface area contributed by atoms with Gasteiger partial charge in [-0.3, -0.25) is 0 Å². The average Bonchev–Trinajstić information content (AvgIpc) is 2.60. The molecule has 0 amide bonds. The number of rotatable bonds is 2. The Labute approximate surface area is 85.6 Å². The molecule has 0 saturated carbocycles. The summed E-state index contributed by atoms with van der Waals surface area (Å²) in [6.07, 6.45) is 0.116. The van der Waals surface area contributed by atoms with Crippen molar-refractivity contribution in [1.29, 1.82) is 0 Å². The monoisotopic (exact) mass is 212 g/mol. The molecule has 1 unspecified atom stereocenters. The van der Waals surface area contributed by atoms with Crippen LogP contribution in [-0.2, 0) is 4.74 Å². The first-order valence-corrected chi connectivity index (χ1v) is 4.70. The van der Waals surface area contributed by atoms with E-state index in [0.29, 0.717) is 12.1 Å². The Hall–Kier alpha value is -1.24. The van der Waals surface area contributed by atoms with E-state index in [1.807, 2.05) is 0 Å². The van der Waals surface area contributed by atoms with Gasteiger partial charge in [-0.2, -0.15) is 4.98 Å². The van der Waals surface area contributed by atoms with Gasteiger partial charge in [0.2, 0.25) is 0 Å². The molecule has 1 fully saturated rings. The highest BCUT2D eigenvalue weighted by atomic mass is 16.5. The Morgan fingerprint density at radius 1 is 1.67 bits per heavy atom. The second-order valence-electron chi connectivity index (χ2n) is 3.47. The minimum atomic E-state index is -0.707. The summed E-state index contributed by atoms with van der Waals surface area (Å²) >= 11 is 0. The number of H-pyrrole nitrogens is 1. The fraction of sp³-hybridized carbons (Fsp3) is 0.556. The highest BCUT2D eigenvalue weighted by Gasteiger charge is 2.34. The van der Waals surface area contributed by atoms with Gasteiger partial charge in [-0.25, -0.2) is 4.79 Å². The number of ether oxygens (including phenoxy) is 1. The molecule has 1 aliphatic rings. The lowest BCUT2D eigenvalue weighted by Gasteiger charge is -2.10. The third-order valence-corrected chi connectivity index (χ3v) is 2.43. The molecule has 3 atom stereocenters. The van der Waals surface area contributed by atoms with Crippen molar-refractivity contribution < 1.29 is 14.9 Å². The van der Waals surface area contributed by atoms with E-state index in [1.54, 1.807) is 6.07 Å². The summed E-state index contributed by atoms with van der Waals surface area (Å²) in [6.45, 7) is -0.235. The fourth-order valence-electron chi connectivity index (χ4n) is 1.65. The molecular weight excluding hydrogens is 200 g/mol. The predicted molar refractivity (Wildman–Crippen MR) is 50.2 cm³/mol. The zero-order valence-corrected chi connectivity index (χ0v) is 7.96. The second kappa shape index (κ2) is 4.09. The van der Waals surface area contributed by atoms with Gasteiger partial charge in [0.15, 0.2) is 0 Å². The maximum Gasteiger partial charge on any atom is 0.345 e. The number of hydrogen-bond acceptors (Lipinski definition) is 5. The van der Waals surface area contributed by atoms with Gasteiger partial charge in [0, 0.05) is 12.6 Å². The van der Waals surface area contributed by atoms with Crippen LogP contribution >= 0.6 is 0 Å². The largest absolute Gasteiger partial charge is 0.394 e. The van der Waals surface area contributed by atoms with E-state index in [-0.39, 0.29) is 6.61 Å². The van der Waals surface area contributed by atoms with Gasteiger partial charge in [-0.1, -0.05) is 0 Å². The van der Waals surface area contributed by atoms with Gasteiger partial charge in [0.25, 0.3) is 0 Å². The molecule has 82 valence electrons. The van der Waals surface area contributed by atoms with E-state index in [4.69, 9.17) is 9.84 Å². The smallest absolute Gasteiger partial charge is 0.345 e. The lowest BCUT2D eigenvalue weighted by Crippen LogP contribution is -2.24. The Bertz CT molecular complexity index is 392. The van der Waals surface area contributed by atoms with Crippen LogP contribution in [0.3, 0.4) is 0 Å². The molecule has 0 radical (unpaired) electrons. The molecule has 1 aromatic heterocycles. The highest BCUT2D eigenvalue weighted by molar-refractivity contribution is 5.05. The minimum absolute atomic E-state index is 0.235. The van der Waals surface area contributed by atoms with Crippen LogP contribution in [-0.4, -0.2) is 39.0 Å². The molecule has 1 aromatic rings. The zero-order chi connectivity index (χ0) is 10.8. The van der Waals surface area contributed by atoms with Crippen LogP contribution in [0.4, 0.5) is 0 Å². The van der Waals surface area contributed by atoms with Gasteiger partial charge >= 0.3 is 5.69 Å². The second-order valence-corrected chi connectivity index (χ2v) is 3.47. The van der Waals surface area contributed by atoms with E-state index in [1.165, 1.54) is 6.20 Å². The van der Waals surface area contributed by atoms with E-state index in [0.717, 1.165) is 0 Å². The van der Waals surface area contributed by atoms with E-state index >= 15 is 0 Å². The maximum atomic E-state index is 10.9. The average molecular weight is 212 g/mol. The summed E-state index contributed by atoms with van der Waals surface area (Å²) in [6, 6.07) is 1.62. The fourth-order valence-corrected chi connectivity index (χ4v) is 1.65. The Balaban J connectivity index is 2.17. The van der Waals surface area contributed by atoms with Gasteiger partial charge in [-0.05, 0) is 6.07 Å². The van der Waals surface area contributed by atoms with E-state index in [2.05, 4.69) is 9.97 Å². The maximum absolute atomic E-state index is 10.9. The zero-order valence-electron chi connectivity index (χ0n) is 7.96. The van der Waals surface area contributed by atoms with E-state index < -0.39 is 24.0 Å². The standard InChI is InChI=1S/C9H12N2O4/c12-4-8-6(13)3-7(15-8)5-1-2-10-9(14)11-5/h1-2,6-8,12-13H,3-4H2,(H,10,11,14)/t6-,7?,8+/m0/s1. The van der Waals surface area contributed by atoms with Gasteiger partial charge in [0.05, 0.1) is 18.4 Å². The molecule has 0 aliphatic carbocycles. The first-order chi connectivity index (χ1) is 7.20. The lowest BCUT2D eigenvalue weighted by molar-refractivity contribution is -0.0236. The van der Waals surface area contributed by atoms with Crippen molar-refractivity contribution in [1.82, 2.24) is 9.97 Å². The van der Waals surface area contributed by atoms with E-state index in [9.17, 15) is 9.90 Å². The number of nitrogens with zero attached hydrogens (tertiary/aromatic N) is 1. The van der Waals surface area contributed by atoms with Gasteiger partial charge in [0.1, 0.15) is 12.2 Å². The van der Waals surface area contributed by atoms with Gasteiger partial charge in [-0.15, -0.1) is 0 Å². The number of aromatic amines is 1. The van der Waals surface area contributed by atoms with Crippen LogP contribution in [0.2, 0.25) is 0 Å². The molecule has 1 saturated heterocycles. The summed E-state index contributed by atoms with van der Waals surface area (Å²) in [4.78, 5) is 17.1. The summed E-state index contributed by atoms with van der Waals surface area (Å²) in [5, 5.41) is 18.4. The molecular formula is C9H12N2O4. The van der Waals surface area contributed by atoms with Crippen molar-refractivity contribution in [3.8, 4) is 0 Å². The Morgan fingerprint density at radius 3 is 3.07 bits per heavy atom. The number of nitrogens with one attached hydrogen (secondary N) is 1. The van der Waals surface area contributed by atoms with Crippen LogP contribution in [0.15, 0.2) is 17.1 Å². The van der Waals surface area contributed by atoms with Crippen LogP contribution in [0.5, 0.6) is 0 Å². The van der Waals surface area contributed by atoms with Crippen LogP contribution in [0.1, 0.15) is 18.2 Å². The number of aliphatic hydroxyl groups excluding tert-OH is 2. The third kappa shape index (κ3) is 2.06. The van der Waals surface area contributed by atoms with Crippen molar-refractivity contribution in [2.24, 2.45) is 0 Å². The Morgan fingerprint density at radius 2 is 2.47 bits per heavy atom. The predicted octanol–water partition coefficient (Wildman–Crippen LogP) is -1.05. The molecule has 1 aliphatic heterocycles. The van der Waals surface area contributed by atoms with Crippen molar-refractivity contribution >= 4 is 0 Å². The number of aliphatic hydroxyl groups is 2. The lowest BCUT2D eigenvalue weighted by atomic mass is 10.1. The minimum Gasteiger partial charge on any atom is -0.394 e. The summed E-state index contributed by atoms with van der Waals surface area (Å²) in [7, 11) is 0. The van der Waals surface area contributed by atoms with Crippen LogP contribution < -0.4 is 5.69 Å². The quantitative estimate of drug-likeness (QED) is 0.581. The molecule has 2 heterocycles. The number of hydrogen-bond donors (Lipinski definition) is 3. The highest BCUT2D eigenvalue weighted by Crippen LogP contribution is 2.30. The third-order valence-electron chi connectivity index (χ3n) is 2.43. The molecule has 3 N–H and O–H groups in total. The summed E-state index contributed by atoms with van der Waals surface area (Å²) in [5.41, 5.74) is 0.0341. The van der Waals surface area contributed by atoms with Crippen molar-refractivity contribution in [2.45, 2.75) is 24.7 Å². The van der Waals surface area contributed by atoms with Gasteiger partial charge < -0.3 is 19.9 Å². The molecule has 15 heavy (non-hydrogen) atoms. The molecule has 2 rings (SSSR count). The molecule has 6 heteroatoms. The first-order valence-electron chi connectivity index (χ1n) is 4.70. The van der Waals surface area contributed by atoms with Crippen molar-refractivity contribution in [2.75, 3.05) is 6.61 Å². The molecule has 0 bridgehead atoms. The SMILES string of the molecule is O=c1nc(C2C[C@H](O)[C@@H](CO)O2)cc[nH]1. The summed E-state index contributed by atoms with van der Waals surface area (Å²) < 4.78 is 5.35. The van der Waals surface area contributed by atoms with Crippen LogP contribution in [0.25, 0.3) is 0 Å². The molecule has 6 nitrogen and oxygen atoms in total. The molecule has 0 aromatic carbocycles. The number of aromatic nitrogens is 2. The topological polar surface area (TPSA) is 95.4 Å². The molecule has 0 spiro atoms. The normalized spacial score (nSPS) is 30.7. The van der Waals surface area contributed by atoms with Crippen LogP contribution in [0, 0.1) is 0 Å². The Kier molecular flexibility index (Phi) is 2.81. The van der Waals surface area contributed by atoms with Crippen molar-refractivity contribution in [3.63, 3.8) is 0 Å². The first kappa shape index (κ1) is 10.3. The summed E-state index contributed by atoms with van der Waals surface area (Å²) in [5.74, 6) is 0.